The third-order valence-electron chi connectivity index (χ3n) is 3.47. The maximum atomic E-state index is 13.1. The Morgan fingerprint density at radius 3 is 2.68 bits per heavy atom. The van der Waals surface area contributed by atoms with Gasteiger partial charge in [-0.1, -0.05) is 0 Å². The Labute approximate surface area is 113 Å². The summed E-state index contributed by atoms with van der Waals surface area (Å²) in [5.74, 6) is 0.833. The first-order valence-electron chi connectivity index (χ1n) is 6.54. The van der Waals surface area contributed by atoms with Crippen molar-refractivity contribution in [2.24, 2.45) is 0 Å². The molecule has 0 amide bonds. The van der Waals surface area contributed by atoms with Crippen LogP contribution in [0.1, 0.15) is 19.7 Å². The van der Waals surface area contributed by atoms with Crippen LogP contribution in [0.3, 0.4) is 0 Å². The average Bonchev–Trinajstić information content (AvgIpc) is 2.77. The van der Waals surface area contributed by atoms with Crippen molar-refractivity contribution < 1.29 is 4.39 Å². The first-order valence-corrected chi connectivity index (χ1v) is 6.54. The minimum Gasteiger partial charge on any atom is -0.326 e. The van der Waals surface area contributed by atoms with E-state index in [-0.39, 0.29) is 5.82 Å². The zero-order chi connectivity index (χ0) is 14.0. The Hall–Kier alpha value is -1.68. The van der Waals surface area contributed by atoms with Crippen molar-refractivity contribution in [1.29, 1.82) is 0 Å². The van der Waals surface area contributed by atoms with Crippen LogP contribution in [-0.4, -0.2) is 27.0 Å². The van der Waals surface area contributed by atoms with Crippen LogP contribution in [-0.2, 0) is 13.1 Å². The van der Waals surface area contributed by atoms with E-state index in [9.17, 15) is 4.39 Å². The maximum absolute atomic E-state index is 13.1. The van der Waals surface area contributed by atoms with Crippen LogP contribution in [0.2, 0.25) is 0 Å². The Morgan fingerprint density at radius 1 is 1.26 bits per heavy atom. The lowest BCUT2D eigenvalue weighted by molar-refractivity contribution is 0.175. The van der Waals surface area contributed by atoms with Crippen molar-refractivity contribution in [2.45, 2.75) is 33.0 Å². The third-order valence-corrected chi connectivity index (χ3v) is 3.47. The molecule has 0 bridgehead atoms. The summed E-state index contributed by atoms with van der Waals surface area (Å²) in [6.45, 7) is 13.2. The Bertz CT molecular complexity index is 574. The average molecular weight is 261 g/mol. The molecule has 102 valence electrons. The van der Waals surface area contributed by atoms with Gasteiger partial charge in [0.1, 0.15) is 11.6 Å². The molecule has 0 saturated heterocycles. The lowest BCUT2D eigenvalue weighted by atomic mass is 10.2. The molecule has 0 spiro atoms. The van der Waals surface area contributed by atoms with E-state index in [0.717, 1.165) is 36.5 Å². The van der Waals surface area contributed by atoms with Gasteiger partial charge in [-0.3, -0.25) is 4.90 Å². The summed E-state index contributed by atoms with van der Waals surface area (Å²) in [4.78, 5) is 6.91. The van der Waals surface area contributed by atoms with Gasteiger partial charge < -0.3 is 4.57 Å². The monoisotopic (exact) mass is 261 g/mol. The van der Waals surface area contributed by atoms with E-state index in [2.05, 4.69) is 41.5 Å². The first kappa shape index (κ1) is 13.7. The van der Waals surface area contributed by atoms with Gasteiger partial charge >= 0.3 is 0 Å². The molecule has 0 N–H and O–H groups in total. The van der Waals surface area contributed by atoms with Gasteiger partial charge in [-0.05, 0) is 26.0 Å². The van der Waals surface area contributed by atoms with Gasteiger partial charge in [-0.2, -0.15) is 0 Å². The highest BCUT2D eigenvalue weighted by molar-refractivity contribution is 5.76. The maximum Gasteiger partial charge on any atom is 0.125 e. The Kier molecular flexibility index (Phi) is 4.00. The molecule has 19 heavy (non-hydrogen) atoms. The van der Waals surface area contributed by atoms with Gasteiger partial charge in [0.15, 0.2) is 0 Å². The van der Waals surface area contributed by atoms with Crippen molar-refractivity contribution in [2.75, 3.05) is 6.54 Å². The summed E-state index contributed by atoms with van der Waals surface area (Å²) in [6, 6.07) is 5.37. The summed E-state index contributed by atoms with van der Waals surface area (Å²) >= 11 is 0. The zero-order valence-electron chi connectivity index (χ0n) is 11.6. The molecule has 2 aromatic rings. The molecule has 0 unspecified atom stereocenters. The van der Waals surface area contributed by atoms with Gasteiger partial charge in [-0.25, -0.2) is 9.37 Å². The molecule has 3 nitrogen and oxygen atoms in total. The fraction of sp³-hybridized carbons (Fsp3) is 0.400. The Morgan fingerprint density at radius 2 is 2.00 bits per heavy atom. The number of hydrogen-bond acceptors (Lipinski definition) is 2. The third kappa shape index (κ3) is 2.54. The van der Waals surface area contributed by atoms with Crippen LogP contribution in [0, 0.1) is 5.82 Å². The largest absolute Gasteiger partial charge is 0.326 e. The van der Waals surface area contributed by atoms with Crippen LogP contribution in [0.4, 0.5) is 4.39 Å². The second-order valence-electron chi connectivity index (χ2n) is 4.88. The molecule has 1 aromatic carbocycles. The highest BCUT2D eigenvalue weighted by atomic mass is 19.1. The van der Waals surface area contributed by atoms with E-state index in [1.165, 1.54) is 12.1 Å². The number of rotatable bonds is 1. The van der Waals surface area contributed by atoms with Crippen LogP contribution in [0.5, 0.6) is 0 Å². The van der Waals surface area contributed by atoms with Gasteiger partial charge in [0, 0.05) is 25.2 Å². The van der Waals surface area contributed by atoms with Crippen molar-refractivity contribution >= 4 is 11.0 Å². The molecule has 0 fully saturated rings. The summed E-state index contributed by atoms with van der Waals surface area (Å²) in [5, 5.41) is 0. The minimum atomic E-state index is -0.214. The molecule has 0 atom stereocenters. The fourth-order valence-corrected chi connectivity index (χ4v) is 2.45. The molecule has 1 aromatic heterocycles. The van der Waals surface area contributed by atoms with Crippen molar-refractivity contribution in [3.05, 3.63) is 43.0 Å². The highest BCUT2D eigenvalue weighted by Crippen LogP contribution is 2.22. The smallest absolute Gasteiger partial charge is 0.125 e. The number of benzene rings is 1. The SMILES string of the molecule is C=C.CC(C)N1CCn2c(nc3cc(F)ccc32)C1. The van der Waals surface area contributed by atoms with E-state index in [4.69, 9.17) is 0 Å². The van der Waals surface area contributed by atoms with Crippen molar-refractivity contribution in [3.63, 3.8) is 0 Å². The number of fused-ring (bicyclic) bond motifs is 3. The second kappa shape index (κ2) is 5.53. The topological polar surface area (TPSA) is 21.1 Å². The number of hydrogen-bond donors (Lipinski definition) is 0. The second-order valence-corrected chi connectivity index (χ2v) is 4.88. The highest BCUT2D eigenvalue weighted by Gasteiger charge is 2.21. The summed E-state index contributed by atoms with van der Waals surface area (Å²) < 4.78 is 15.3. The molecule has 4 heteroatoms. The standard InChI is InChI=1S/C13H16FN3.C2H4/c1-9(2)16-5-6-17-12-4-3-10(14)7-11(12)15-13(17)8-16;1-2/h3-4,7,9H,5-6,8H2,1-2H3;1-2H2. The quantitative estimate of drug-likeness (QED) is 0.735. The predicted molar refractivity (Wildman–Crippen MR) is 76.5 cm³/mol. The normalized spacial score (nSPS) is 15.2. The first-order chi connectivity index (χ1) is 9.15. The van der Waals surface area contributed by atoms with Crippen LogP contribution >= 0.6 is 0 Å². The molecule has 1 aliphatic rings. The van der Waals surface area contributed by atoms with E-state index < -0.39 is 0 Å². The van der Waals surface area contributed by atoms with E-state index in [1.807, 2.05) is 6.07 Å². The molecule has 1 aliphatic heterocycles. The molecular formula is C15H20FN3. The summed E-state index contributed by atoms with van der Waals surface area (Å²) in [6.07, 6.45) is 0. The van der Waals surface area contributed by atoms with Gasteiger partial charge in [0.2, 0.25) is 0 Å². The number of imidazole rings is 1. The van der Waals surface area contributed by atoms with Gasteiger partial charge in [0.05, 0.1) is 17.6 Å². The van der Waals surface area contributed by atoms with E-state index >= 15 is 0 Å². The van der Waals surface area contributed by atoms with Crippen LogP contribution in [0.15, 0.2) is 31.4 Å². The fourth-order valence-electron chi connectivity index (χ4n) is 2.45. The predicted octanol–water partition coefficient (Wildman–Crippen LogP) is 3.20. The number of nitrogens with zero attached hydrogens (tertiary/aromatic N) is 3. The molecule has 3 rings (SSSR count). The van der Waals surface area contributed by atoms with E-state index in [1.54, 1.807) is 0 Å². The molecule has 0 aliphatic carbocycles. The number of halogens is 1. The summed E-state index contributed by atoms with van der Waals surface area (Å²) in [5.41, 5.74) is 1.82. The van der Waals surface area contributed by atoms with Crippen molar-refractivity contribution in [3.8, 4) is 0 Å². The van der Waals surface area contributed by atoms with E-state index in [0.29, 0.717) is 6.04 Å². The number of aromatic nitrogens is 2. The Balaban J connectivity index is 0.000000637. The van der Waals surface area contributed by atoms with Crippen molar-refractivity contribution in [1.82, 2.24) is 14.5 Å². The molecule has 0 radical (unpaired) electrons. The molecule has 2 heterocycles. The molecular weight excluding hydrogens is 241 g/mol. The zero-order valence-corrected chi connectivity index (χ0v) is 11.6. The van der Waals surface area contributed by atoms with Crippen LogP contribution < -0.4 is 0 Å². The lowest BCUT2D eigenvalue weighted by Gasteiger charge is -2.30. The molecule has 0 saturated carbocycles. The summed E-state index contributed by atoms with van der Waals surface area (Å²) in [7, 11) is 0. The van der Waals surface area contributed by atoms with Crippen LogP contribution in [0.25, 0.3) is 11.0 Å². The van der Waals surface area contributed by atoms with Gasteiger partial charge in [0.25, 0.3) is 0 Å². The lowest BCUT2D eigenvalue weighted by Crippen LogP contribution is -2.38. The van der Waals surface area contributed by atoms with Gasteiger partial charge in [-0.15, -0.1) is 13.2 Å². The minimum absolute atomic E-state index is 0.214.